The van der Waals surface area contributed by atoms with Crippen LogP contribution in [0.3, 0.4) is 0 Å². The van der Waals surface area contributed by atoms with Crippen molar-refractivity contribution < 1.29 is 19.2 Å². The maximum atomic E-state index is 13.3. The molecule has 1 N–H and O–H groups in total. The van der Waals surface area contributed by atoms with Gasteiger partial charge >= 0.3 is 5.69 Å². The fraction of sp³-hybridized carbons (Fsp3) is 0.400. The quantitative estimate of drug-likeness (QED) is 0.632. The van der Waals surface area contributed by atoms with Gasteiger partial charge in [-0.15, -0.1) is 0 Å². The zero-order chi connectivity index (χ0) is 12.3. The first-order chi connectivity index (χ1) is 7.31. The molecule has 0 fully saturated rings. The van der Waals surface area contributed by atoms with Crippen molar-refractivity contribution in [2.24, 2.45) is 0 Å². The summed E-state index contributed by atoms with van der Waals surface area (Å²) in [7, 11) is 0. The summed E-state index contributed by atoms with van der Waals surface area (Å²) in [5.41, 5.74) is -1.64. The van der Waals surface area contributed by atoms with Gasteiger partial charge in [0.15, 0.2) is 5.82 Å². The second-order valence-electron chi connectivity index (χ2n) is 3.95. The number of nitro benzene ring substituents is 1. The van der Waals surface area contributed by atoms with Crippen LogP contribution in [0.25, 0.3) is 0 Å². The molecule has 0 spiro atoms. The van der Waals surface area contributed by atoms with Gasteiger partial charge in [0.2, 0.25) is 5.75 Å². The Morgan fingerprint density at radius 1 is 1.56 bits per heavy atom. The molecule has 5 nitrogen and oxygen atoms in total. The number of ether oxygens (including phenoxy) is 1. The van der Waals surface area contributed by atoms with Crippen molar-refractivity contribution in [3.05, 3.63) is 34.1 Å². The van der Waals surface area contributed by atoms with Crippen LogP contribution in [-0.4, -0.2) is 22.2 Å². The van der Waals surface area contributed by atoms with Crippen molar-refractivity contribution >= 4 is 5.69 Å². The maximum absolute atomic E-state index is 13.3. The molecule has 0 aliphatic carbocycles. The molecule has 0 heterocycles. The zero-order valence-electron chi connectivity index (χ0n) is 8.94. The van der Waals surface area contributed by atoms with E-state index in [0.29, 0.717) is 0 Å². The smallest absolute Gasteiger partial charge is 0.314 e. The van der Waals surface area contributed by atoms with Crippen LogP contribution in [0.1, 0.15) is 13.8 Å². The lowest BCUT2D eigenvalue weighted by Gasteiger charge is -2.17. The SMILES string of the molecule is CC(C)(O)COc1c(F)cccc1[N+](=O)[O-]. The van der Waals surface area contributed by atoms with Crippen LogP contribution in [-0.2, 0) is 0 Å². The van der Waals surface area contributed by atoms with Crippen LogP contribution in [0, 0.1) is 15.9 Å². The highest BCUT2D eigenvalue weighted by Crippen LogP contribution is 2.30. The Kier molecular flexibility index (Phi) is 3.44. The van der Waals surface area contributed by atoms with E-state index in [1.54, 1.807) is 0 Å². The predicted molar refractivity (Wildman–Crippen MR) is 54.8 cm³/mol. The van der Waals surface area contributed by atoms with E-state index in [2.05, 4.69) is 0 Å². The molecule has 1 aromatic carbocycles. The number of halogens is 1. The van der Waals surface area contributed by atoms with E-state index in [9.17, 15) is 19.6 Å². The van der Waals surface area contributed by atoms with Crippen molar-refractivity contribution in [3.8, 4) is 5.75 Å². The number of nitro groups is 1. The topological polar surface area (TPSA) is 72.6 Å². The molecule has 88 valence electrons. The Balaban J connectivity index is 2.98. The average molecular weight is 229 g/mol. The minimum absolute atomic E-state index is 0.227. The Morgan fingerprint density at radius 3 is 2.69 bits per heavy atom. The second kappa shape index (κ2) is 4.44. The van der Waals surface area contributed by atoms with Crippen LogP contribution < -0.4 is 4.74 Å². The molecule has 1 rings (SSSR count). The first kappa shape index (κ1) is 12.4. The second-order valence-corrected chi connectivity index (χ2v) is 3.95. The summed E-state index contributed by atoms with van der Waals surface area (Å²) >= 11 is 0. The molecule has 0 saturated carbocycles. The van der Waals surface area contributed by atoms with Crippen molar-refractivity contribution in [2.75, 3.05) is 6.61 Å². The summed E-state index contributed by atoms with van der Waals surface area (Å²) in [5.74, 6) is -1.27. The molecular formula is C10H12FNO4. The van der Waals surface area contributed by atoms with Crippen molar-refractivity contribution in [3.63, 3.8) is 0 Å². The molecule has 0 radical (unpaired) electrons. The molecule has 6 heteroatoms. The van der Waals surface area contributed by atoms with Gasteiger partial charge in [0.05, 0.1) is 10.5 Å². The number of rotatable bonds is 4. The van der Waals surface area contributed by atoms with Gasteiger partial charge in [0.25, 0.3) is 0 Å². The van der Waals surface area contributed by atoms with Gasteiger partial charge in [-0.05, 0) is 19.9 Å². The van der Waals surface area contributed by atoms with Gasteiger partial charge < -0.3 is 9.84 Å². The van der Waals surface area contributed by atoms with Crippen LogP contribution in [0.4, 0.5) is 10.1 Å². The third-order valence-electron chi connectivity index (χ3n) is 1.71. The fourth-order valence-corrected chi connectivity index (χ4v) is 1.03. The average Bonchev–Trinajstić information content (AvgIpc) is 2.13. The first-order valence-electron chi connectivity index (χ1n) is 4.59. The van der Waals surface area contributed by atoms with E-state index in [1.165, 1.54) is 19.9 Å². The Labute approximate surface area is 91.6 Å². The number of aliphatic hydroxyl groups is 1. The molecular weight excluding hydrogens is 217 g/mol. The lowest BCUT2D eigenvalue weighted by atomic mass is 10.2. The summed E-state index contributed by atoms with van der Waals surface area (Å²) in [6.07, 6.45) is 0. The minimum Gasteiger partial charge on any atom is -0.482 e. The van der Waals surface area contributed by atoms with Gasteiger partial charge in [-0.2, -0.15) is 0 Å². The Morgan fingerprint density at radius 2 is 2.19 bits per heavy atom. The third kappa shape index (κ3) is 3.16. The molecule has 0 atom stereocenters. The van der Waals surface area contributed by atoms with E-state index < -0.39 is 27.8 Å². The summed E-state index contributed by atoms with van der Waals surface area (Å²) in [6, 6.07) is 3.43. The lowest BCUT2D eigenvalue weighted by molar-refractivity contribution is -0.386. The number of hydrogen-bond donors (Lipinski definition) is 1. The number of hydrogen-bond acceptors (Lipinski definition) is 4. The maximum Gasteiger partial charge on any atom is 0.314 e. The largest absolute Gasteiger partial charge is 0.482 e. The van der Waals surface area contributed by atoms with Crippen molar-refractivity contribution in [1.82, 2.24) is 0 Å². The molecule has 0 aliphatic heterocycles. The van der Waals surface area contributed by atoms with Crippen molar-refractivity contribution in [1.29, 1.82) is 0 Å². The summed E-state index contributed by atoms with van der Waals surface area (Å²) in [4.78, 5) is 9.86. The number of benzene rings is 1. The molecule has 16 heavy (non-hydrogen) atoms. The molecule has 0 amide bonds. The Bertz CT molecular complexity index is 400. The van der Waals surface area contributed by atoms with Gasteiger partial charge in [-0.3, -0.25) is 10.1 Å². The molecule has 0 aromatic heterocycles. The van der Waals surface area contributed by atoms with Crippen LogP contribution in [0.5, 0.6) is 5.75 Å². The third-order valence-corrected chi connectivity index (χ3v) is 1.71. The predicted octanol–water partition coefficient (Wildman–Crippen LogP) is 1.88. The minimum atomic E-state index is -1.18. The van der Waals surface area contributed by atoms with Crippen LogP contribution >= 0.6 is 0 Å². The fourth-order valence-electron chi connectivity index (χ4n) is 1.03. The monoisotopic (exact) mass is 229 g/mol. The van der Waals surface area contributed by atoms with Gasteiger partial charge in [0.1, 0.15) is 6.61 Å². The van der Waals surface area contributed by atoms with Crippen LogP contribution in [0.15, 0.2) is 18.2 Å². The molecule has 0 unspecified atom stereocenters. The van der Waals surface area contributed by atoms with E-state index >= 15 is 0 Å². The van der Waals surface area contributed by atoms with Gasteiger partial charge in [-0.1, -0.05) is 6.07 Å². The van der Waals surface area contributed by atoms with Crippen molar-refractivity contribution in [2.45, 2.75) is 19.4 Å². The number of para-hydroxylation sites is 1. The summed E-state index contributed by atoms with van der Waals surface area (Å²) in [5, 5.41) is 20.0. The van der Waals surface area contributed by atoms with E-state index in [1.807, 2.05) is 0 Å². The van der Waals surface area contributed by atoms with Crippen LogP contribution in [0.2, 0.25) is 0 Å². The highest BCUT2D eigenvalue weighted by Gasteiger charge is 2.22. The molecule has 0 saturated heterocycles. The zero-order valence-corrected chi connectivity index (χ0v) is 8.94. The Hall–Kier alpha value is -1.69. The molecule has 0 bridgehead atoms. The van der Waals surface area contributed by atoms with Gasteiger partial charge in [-0.25, -0.2) is 4.39 Å². The molecule has 1 aromatic rings. The standard InChI is InChI=1S/C10H12FNO4/c1-10(2,13)6-16-9-7(11)4-3-5-8(9)12(14)15/h3-5,13H,6H2,1-2H3. The molecule has 0 aliphatic rings. The summed E-state index contributed by atoms with van der Waals surface area (Å²) < 4.78 is 18.2. The number of nitrogens with zero attached hydrogens (tertiary/aromatic N) is 1. The van der Waals surface area contributed by atoms with E-state index in [-0.39, 0.29) is 6.61 Å². The highest BCUT2D eigenvalue weighted by molar-refractivity contribution is 5.46. The normalized spacial score (nSPS) is 11.2. The van der Waals surface area contributed by atoms with E-state index in [0.717, 1.165) is 12.1 Å². The first-order valence-corrected chi connectivity index (χ1v) is 4.59. The lowest BCUT2D eigenvalue weighted by Crippen LogP contribution is -2.28. The highest BCUT2D eigenvalue weighted by atomic mass is 19.1. The van der Waals surface area contributed by atoms with E-state index in [4.69, 9.17) is 4.74 Å². The summed E-state index contributed by atoms with van der Waals surface area (Å²) in [6.45, 7) is 2.69. The van der Waals surface area contributed by atoms with Gasteiger partial charge in [0, 0.05) is 6.07 Å².